The first-order valence-electron chi connectivity index (χ1n) is 7.41. The van der Waals surface area contributed by atoms with E-state index in [1.165, 1.54) is 24.1 Å². The van der Waals surface area contributed by atoms with E-state index in [0.29, 0.717) is 0 Å². The second kappa shape index (κ2) is 7.26. The Bertz CT molecular complexity index is 713. The molecule has 1 aliphatic carbocycles. The molecule has 1 fully saturated rings. The van der Waals surface area contributed by atoms with Crippen LogP contribution in [0.25, 0.3) is 0 Å². The molecule has 2 nitrogen and oxygen atoms in total. The third kappa shape index (κ3) is 4.74. The molecule has 6 heteroatoms. The number of amides is 1. The summed E-state index contributed by atoms with van der Waals surface area (Å²) >= 11 is 5.77. The van der Waals surface area contributed by atoms with E-state index in [4.69, 9.17) is 17.3 Å². The SMILES string of the molecule is C[C@@H]1C[C@@H]1c1ccc(Cl)cc1.NC(=O)c1ccccc1C(F)(F)F. The molecule has 3 rings (SSSR count). The van der Waals surface area contributed by atoms with Crippen molar-refractivity contribution in [3.63, 3.8) is 0 Å². The number of carbonyl (C=O) groups is 1. The zero-order valence-electron chi connectivity index (χ0n) is 13.0. The molecule has 0 unspecified atom stereocenters. The van der Waals surface area contributed by atoms with Gasteiger partial charge < -0.3 is 5.73 Å². The maximum atomic E-state index is 12.2. The van der Waals surface area contributed by atoms with Crippen molar-refractivity contribution in [2.75, 3.05) is 0 Å². The third-order valence-electron chi connectivity index (χ3n) is 3.91. The number of carbonyl (C=O) groups excluding carboxylic acids is 1. The summed E-state index contributed by atoms with van der Waals surface area (Å²) in [7, 11) is 0. The summed E-state index contributed by atoms with van der Waals surface area (Å²) in [5, 5.41) is 0.835. The van der Waals surface area contributed by atoms with Gasteiger partial charge in [-0.3, -0.25) is 4.79 Å². The molecule has 0 heterocycles. The summed E-state index contributed by atoms with van der Waals surface area (Å²) < 4.78 is 36.6. The van der Waals surface area contributed by atoms with Crippen LogP contribution in [0.2, 0.25) is 5.02 Å². The van der Waals surface area contributed by atoms with Gasteiger partial charge in [-0.25, -0.2) is 0 Å². The van der Waals surface area contributed by atoms with E-state index in [1.54, 1.807) is 0 Å². The van der Waals surface area contributed by atoms with Crippen LogP contribution < -0.4 is 5.73 Å². The smallest absolute Gasteiger partial charge is 0.366 e. The fourth-order valence-corrected chi connectivity index (χ4v) is 2.57. The maximum Gasteiger partial charge on any atom is 0.417 e. The van der Waals surface area contributed by atoms with E-state index < -0.39 is 23.2 Å². The Morgan fingerprint density at radius 1 is 1.12 bits per heavy atom. The summed E-state index contributed by atoms with van der Waals surface area (Å²) in [4.78, 5) is 10.6. The molecule has 2 aromatic rings. The molecule has 128 valence electrons. The number of nitrogens with two attached hydrogens (primary N) is 1. The van der Waals surface area contributed by atoms with Gasteiger partial charge in [0.15, 0.2) is 0 Å². The molecule has 0 saturated heterocycles. The van der Waals surface area contributed by atoms with Crippen molar-refractivity contribution in [1.82, 2.24) is 0 Å². The molecule has 0 aliphatic heterocycles. The van der Waals surface area contributed by atoms with Crippen LogP contribution in [-0.4, -0.2) is 5.91 Å². The summed E-state index contributed by atoms with van der Waals surface area (Å²) in [6.07, 6.45) is -3.19. The van der Waals surface area contributed by atoms with E-state index in [9.17, 15) is 18.0 Å². The van der Waals surface area contributed by atoms with Crippen molar-refractivity contribution in [2.45, 2.75) is 25.4 Å². The van der Waals surface area contributed by atoms with E-state index in [1.807, 2.05) is 12.1 Å². The molecule has 2 aromatic carbocycles. The summed E-state index contributed by atoms with van der Waals surface area (Å²) in [6.45, 7) is 2.29. The van der Waals surface area contributed by atoms with E-state index >= 15 is 0 Å². The topological polar surface area (TPSA) is 43.1 Å². The van der Waals surface area contributed by atoms with Gasteiger partial charge in [0, 0.05) is 5.02 Å². The van der Waals surface area contributed by atoms with Crippen LogP contribution in [0.15, 0.2) is 48.5 Å². The first-order chi connectivity index (χ1) is 11.2. The fourth-order valence-electron chi connectivity index (χ4n) is 2.44. The zero-order chi connectivity index (χ0) is 17.9. The number of alkyl halides is 3. The van der Waals surface area contributed by atoms with Crippen LogP contribution in [-0.2, 0) is 6.18 Å². The Labute approximate surface area is 143 Å². The first-order valence-corrected chi connectivity index (χ1v) is 7.79. The lowest BCUT2D eigenvalue weighted by Crippen LogP contribution is -2.18. The Hall–Kier alpha value is -2.01. The Kier molecular flexibility index (Phi) is 5.54. The Morgan fingerprint density at radius 2 is 1.67 bits per heavy atom. The molecule has 24 heavy (non-hydrogen) atoms. The second-order valence-corrected chi connectivity index (χ2v) is 6.22. The molecule has 0 bridgehead atoms. The fraction of sp³-hybridized carbons (Fsp3) is 0.278. The lowest BCUT2D eigenvalue weighted by molar-refractivity contribution is -0.137. The minimum absolute atomic E-state index is 0.505. The van der Waals surface area contributed by atoms with Crippen molar-refractivity contribution in [3.8, 4) is 0 Å². The number of rotatable bonds is 2. The lowest BCUT2D eigenvalue weighted by atomic mass is 10.1. The van der Waals surface area contributed by atoms with E-state index in [-0.39, 0.29) is 0 Å². The van der Waals surface area contributed by atoms with Crippen molar-refractivity contribution < 1.29 is 18.0 Å². The molecule has 2 atom stereocenters. The third-order valence-corrected chi connectivity index (χ3v) is 4.16. The molecular formula is C18H17ClF3NO. The summed E-state index contributed by atoms with van der Waals surface area (Å²) in [5.41, 5.74) is 4.72. The zero-order valence-corrected chi connectivity index (χ0v) is 13.7. The molecule has 1 aliphatic rings. The highest BCUT2D eigenvalue weighted by Crippen LogP contribution is 2.46. The predicted molar refractivity (Wildman–Crippen MR) is 87.9 cm³/mol. The van der Waals surface area contributed by atoms with Crippen molar-refractivity contribution in [3.05, 3.63) is 70.2 Å². The number of halogens is 4. The van der Waals surface area contributed by atoms with Gasteiger partial charge in [0.2, 0.25) is 5.91 Å². The number of primary amides is 1. The van der Waals surface area contributed by atoms with Crippen molar-refractivity contribution >= 4 is 17.5 Å². The number of hydrogen-bond acceptors (Lipinski definition) is 1. The standard InChI is InChI=1S/C10H11Cl.C8H6F3NO/c1-7-6-10(7)8-2-4-9(11)5-3-8;9-8(10,11)6-4-2-1-3-5(6)7(12)13/h2-5,7,10H,6H2,1H3;1-4H,(H2,12,13)/t7-,10+;/m1./s1. The van der Waals surface area contributed by atoms with E-state index in [2.05, 4.69) is 19.1 Å². The Morgan fingerprint density at radius 3 is 2.08 bits per heavy atom. The van der Waals surface area contributed by atoms with Crippen LogP contribution in [0.1, 0.15) is 40.7 Å². The summed E-state index contributed by atoms with van der Waals surface area (Å²) in [6, 6.07) is 12.6. The Balaban J connectivity index is 0.000000175. The van der Waals surface area contributed by atoms with Crippen LogP contribution in [0.3, 0.4) is 0 Å². The van der Waals surface area contributed by atoms with Gasteiger partial charge in [0.05, 0.1) is 11.1 Å². The van der Waals surface area contributed by atoms with Crippen LogP contribution in [0.5, 0.6) is 0 Å². The molecule has 1 saturated carbocycles. The molecule has 0 spiro atoms. The first kappa shape index (κ1) is 18.3. The molecule has 1 amide bonds. The van der Waals surface area contributed by atoms with Gasteiger partial charge in [0.25, 0.3) is 0 Å². The van der Waals surface area contributed by atoms with Gasteiger partial charge in [-0.2, -0.15) is 13.2 Å². The van der Waals surface area contributed by atoms with Gasteiger partial charge in [0.1, 0.15) is 0 Å². The molecule has 0 aromatic heterocycles. The minimum atomic E-state index is -4.54. The van der Waals surface area contributed by atoms with E-state index in [0.717, 1.165) is 29.0 Å². The van der Waals surface area contributed by atoms with Crippen LogP contribution in [0.4, 0.5) is 13.2 Å². The largest absolute Gasteiger partial charge is 0.417 e. The molecule has 0 radical (unpaired) electrons. The second-order valence-electron chi connectivity index (χ2n) is 5.78. The number of hydrogen-bond donors (Lipinski definition) is 1. The average molecular weight is 356 g/mol. The average Bonchev–Trinajstić information content (AvgIpc) is 3.25. The highest BCUT2D eigenvalue weighted by molar-refractivity contribution is 6.30. The van der Waals surface area contributed by atoms with Gasteiger partial charge in [-0.05, 0) is 48.1 Å². The van der Waals surface area contributed by atoms with Gasteiger partial charge in [-0.15, -0.1) is 0 Å². The summed E-state index contributed by atoms with van der Waals surface area (Å²) in [5.74, 6) is 0.622. The molecule has 2 N–H and O–H groups in total. The normalized spacial score (nSPS) is 19.2. The lowest BCUT2D eigenvalue weighted by Gasteiger charge is -2.09. The van der Waals surface area contributed by atoms with Crippen molar-refractivity contribution in [2.24, 2.45) is 11.7 Å². The molecular weight excluding hydrogens is 339 g/mol. The monoisotopic (exact) mass is 355 g/mol. The number of benzene rings is 2. The van der Waals surface area contributed by atoms with Gasteiger partial charge in [-0.1, -0.05) is 42.8 Å². The van der Waals surface area contributed by atoms with Gasteiger partial charge >= 0.3 is 6.18 Å². The predicted octanol–water partition coefficient (Wildman–Crippen LogP) is 5.27. The quantitative estimate of drug-likeness (QED) is 0.783. The van der Waals surface area contributed by atoms with Crippen LogP contribution >= 0.6 is 11.6 Å². The minimum Gasteiger partial charge on any atom is -0.366 e. The maximum absolute atomic E-state index is 12.2. The highest BCUT2D eigenvalue weighted by atomic mass is 35.5. The van der Waals surface area contributed by atoms with Crippen molar-refractivity contribution in [1.29, 1.82) is 0 Å². The van der Waals surface area contributed by atoms with Crippen LogP contribution in [0, 0.1) is 5.92 Å². The highest BCUT2D eigenvalue weighted by Gasteiger charge is 2.34.